The lowest BCUT2D eigenvalue weighted by Gasteiger charge is -2.45. The van der Waals surface area contributed by atoms with Crippen molar-refractivity contribution in [3.8, 4) is 0 Å². The zero-order valence-corrected chi connectivity index (χ0v) is 10.5. The Kier molecular flexibility index (Phi) is 1.77. The summed E-state index contributed by atoms with van der Waals surface area (Å²) in [5.74, 6) is 6.69. The molecule has 4 bridgehead atoms. The number of rotatable bonds is 1. The van der Waals surface area contributed by atoms with Crippen molar-refractivity contribution in [2.45, 2.75) is 39.5 Å². The van der Waals surface area contributed by atoms with Gasteiger partial charge in [0.15, 0.2) is 0 Å². The smallest absolute Gasteiger partial charge is 0.0462 e. The van der Waals surface area contributed by atoms with Crippen LogP contribution in [0.1, 0.15) is 39.5 Å². The summed E-state index contributed by atoms with van der Waals surface area (Å²) in [4.78, 5) is 0. The summed E-state index contributed by atoms with van der Waals surface area (Å²) in [5.41, 5.74) is 0.607. The average Bonchev–Trinajstić information content (AvgIpc) is 2.89. The van der Waals surface area contributed by atoms with Gasteiger partial charge in [-0.3, -0.25) is 0 Å². The van der Waals surface area contributed by atoms with E-state index in [-0.39, 0.29) is 0 Å². The lowest BCUT2D eigenvalue weighted by atomic mass is 9.60. The predicted molar refractivity (Wildman–Crippen MR) is 63.8 cm³/mol. The molecule has 0 aromatic carbocycles. The Labute approximate surface area is 98.6 Å². The molecule has 4 aliphatic rings. The third kappa shape index (κ3) is 0.978. The number of hydrogen-bond acceptors (Lipinski definition) is 1. The van der Waals surface area contributed by atoms with Gasteiger partial charge in [0.05, 0.1) is 0 Å². The maximum absolute atomic E-state index is 9.51. The first-order valence-electron chi connectivity index (χ1n) is 7.22. The highest BCUT2D eigenvalue weighted by atomic mass is 16.3. The van der Waals surface area contributed by atoms with Crippen LogP contribution in [0.25, 0.3) is 0 Å². The molecule has 16 heavy (non-hydrogen) atoms. The van der Waals surface area contributed by atoms with Crippen LogP contribution in [0.5, 0.6) is 0 Å². The van der Waals surface area contributed by atoms with E-state index < -0.39 is 0 Å². The van der Waals surface area contributed by atoms with E-state index >= 15 is 0 Å². The van der Waals surface area contributed by atoms with Crippen LogP contribution in [0.4, 0.5) is 0 Å². The minimum Gasteiger partial charge on any atom is -0.396 e. The molecule has 7 atom stereocenters. The van der Waals surface area contributed by atoms with Gasteiger partial charge in [0.1, 0.15) is 0 Å². The Balaban J connectivity index is 1.69. The molecule has 7 unspecified atom stereocenters. The molecule has 0 heterocycles. The molecule has 0 aromatic heterocycles. The van der Waals surface area contributed by atoms with Gasteiger partial charge in [-0.1, -0.05) is 13.8 Å². The molecule has 0 aliphatic heterocycles. The summed E-state index contributed by atoms with van der Waals surface area (Å²) in [6.45, 7) is 5.45. The van der Waals surface area contributed by atoms with Crippen molar-refractivity contribution in [3.63, 3.8) is 0 Å². The molecule has 0 spiro atoms. The van der Waals surface area contributed by atoms with Gasteiger partial charge < -0.3 is 5.11 Å². The number of fused-ring (bicyclic) bond motifs is 9. The summed E-state index contributed by atoms with van der Waals surface area (Å²) in [6.07, 6.45) is 5.83. The Morgan fingerprint density at radius 2 is 1.88 bits per heavy atom. The largest absolute Gasteiger partial charge is 0.396 e. The molecule has 0 aromatic rings. The first-order chi connectivity index (χ1) is 7.62. The van der Waals surface area contributed by atoms with Crippen LogP contribution in [0.15, 0.2) is 0 Å². The van der Waals surface area contributed by atoms with Gasteiger partial charge in [0, 0.05) is 6.61 Å². The zero-order chi connectivity index (χ0) is 11.1. The van der Waals surface area contributed by atoms with Gasteiger partial charge in [0.25, 0.3) is 0 Å². The highest BCUT2D eigenvalue weighted by molar-refractivity contribution is 5.14. The molecule has 0 radical (unpaired) electrons. The van der Waals surface area contributed by atoms with Crippen molar-refractivity contribution in [1.29, 1.82) is 0 Å². The van der Waals surface area contributed by atoms with Gasteiger partial charge >= 0.3 is 0 Å². The van der Waals surface area contributed by atoms with Crippen LogP contribution in [0.2, 0.25) is 0 Å². The van der Waals surface area contributed by atoms with Crippen LogP contribution in [0.3, 0.4) is 0 Å². The molecular weight excluding hydrogens is 196 g/mol. The summed E-state index contributed by atoms with van der Waals surface area (Å²) in [7, 11) is 0. The van der Waals surface area contributed by atoms with Crippen LogP contribution in [0, 0.1) is 46.8 Å². The van der Waals surface area contributed by atoms with E-state index in [0.717, 1.165) is 35.5 Å². The van der Waals surface area contributed by atoms with Crippen LogP contribution in [-0.2, 0) is 0 Å². The lowest BCUT2D eigenvalue weighted by molar-refractivity contribution is 0.0197. The number of aliphatic hydroxyl groups is 1. The normalized spacial score (nSPS) is 60.6. The molecule has 1 nitrogen and oxygen atoms in total. The second-order valence-corrected chi connectivity index (χ2v) is 7.79. The van der Waals surface area contributed by atoms with Gasteiger partial charge in [-0.2, -0.15) is 0 Å². The summed E-state index contributed by atoms with van der Waals surface area (Å²) < 4.78 is 0. The molecule has 0 saturated heterocycles. The molecular formula is C15H24O. The molecule has 4 saturated carbocycles. The number of hydrogen-bond donors (Lipinski definition) is 1. The summed E-state index contributed by atoms with van der Waals surface area (Å²) in [6, 6.07) is 0. The zero-order valence-electron chi connectivity index (χ0n) is 10.5. The van der Waals surface area contributed by atoms with Gasteiger partial charge in [-0.25, -0.2) is 0 Å². The maximum Gasteiger partial charge on any atom is 0.0462 e. The van der Waals surface area contributed by atoms with E-state index in [1.165, 1.54) is 25.7 Å². The van der Waals surface area contributed by atoms with Crippen LogP contribution >= 0.6 is 0 Å². The molecule has 4 rings (SSSR count). The van der Waals surface area contributed by atoms with Gasteiger partial charge in [-0.05, 0) is 72.5 Å². The molecule has 4 fully saturated rings. The monoisotopic (exact) mass is 220 g/mol. The second-order valence-electron chi connectivity index (χ2n) is 7.79. The highest BCUT2D eigenvalue weighted by Crippen LogP contribution is 2.72. The van der Waals surface area contributed by atoms with Crippen molar-refractivity contribution in [2.24, 2.45) is 46.8 Å². The maximum atomic E-state index is 9.51. The lowest BCUT2D eigenvalue weighted by Crippen LogP contribution is -2.40. The molecule has 1 heteroatoms. The fourth-order valence-electron chi connectivity index (χ4n) is 6.59. The highest BCUT2D eigenvalue weighted by Gasteiger charge is 2.66. The predicted octanol–water partition coefficient (Wildman–Crippen LogP) is 2.93. The Bertz CT molecular complexity index is 321. The van der Waals surface area contributed by atoms with E-state index in [2.05, 4.69) is 13.8 Å². The summed E-state index contributed by atoms with van der Waals surface area (Å²) in [5, 5.41) is 9.51. The van der Waals surface area contributed by atoms with Crippen molar-refractivity contribution < 1.29 is 5.11 Å². The molecule has 0 amide bonds. The Hall–Kier alpha value is -0.0400. The van der Waals surface area contributed by atoms with Crippen molar-refractivity contribution in [2.75, 3.05) is 6.61 Å². The first kappa shape index (κ1) is 9.94. The fraction of sp³-hybridized carbons (Fsp3) is 1.00. The fourth-order valence-corrected chi connectivity index (χ4v) is 6.59. The van der Waals surface area contributed by atoms with Crippen LogP contribution < -0.4 is 0 Å². The van der Waals surface area contributed by atoms with E-state index in [9.17, 15) is 5.11 Å². The number of aliphatic hydroxyl groups excluding tert-OH is 1. The van der Waals surface area contributed by atoms with E-state index in [1.54, 1.807) is 0 Å². The van der Waals surface area contributed by atoms with Crippen LogP contribution in [-0.4, -0.2) is 11.7 Å². The quantitative estimate of drug-likeness (QED) is 0.674. The minimum absolute atomic E-state index is 0.461. The van der Waals surface area contributed by atoms with Crippen molar-refractivity contribution >= 4 is 0 Å². The van der Waals surface area contributed by atoms with Gasteiger partial charge in [-0.15, -0.1) is 0 Å². The third-order valence-electron chi connectivity index (χ3n) is 6.86. The Morgan fingerprint density at radius 1 is 1.06 bits per heavy atom. The standard InChI is InChI=1S/C15H24O/c1-15(2)6-9-5-12(15)14-11-4-8(13(9)14)3-10(11)7-16/h8-14,16H,3-7H2,1-2H3. The minimum atomic E-state index is 0.461. The average molecular weight is 220 g/mol. The topological polar surface area (TPSA) is 20.2 Å². The molecule has 90 valence electrons. The van der Waals surface area contributed by atoms with Crippen molar-refractivity contribution in [1.82, 2.24) is 0 Å². The molecule has 1 N–H and O–H groups in total. The Morgan fingerprint density at radius 3 is 2.62 bits per heavy atom. The van der Waals surface area contributed by atoms with E-state index in [1.807, 2.05) is 0 Å². The van der Waals surface area contributed by atoms with Crippen molar-refractivity contribution in [3.05, 3.63) is 0 Å². The van der Waals surface area contributed by atoms with E-state index in [4.69, 9.17) is 0 Å². The first-order valence-corrected chi connectivity index (χ1v) is 7.22. The summed E-state index contributed by atoms with van der Waals surface area (Å²) >= 11 is 0. The van der Waals surface area contributed by atoms with E-state index in [0.29, 0.717) is 17.9 Å². The van der Waals surface area contributed by atoms with Gasteiger partial charge in [0.2, 0.25) is 0 Å². The molecule has 4 aliphatic carbocycles. The SMILES string of the molecule is CC1(C)CC2CC1C1C3CC(CC3CO)C21. The second kappa shape index (κ2) is 2.85. The third-order valence-corrected chi connectivity index (χ3v) is 6.86.